The normalized spacial score (nSPS) is 29.8. The van der Waals surface area contributed by atoms with E-state index in [9.17, 15) is 24.6 Å². The van der Waals surface area contributed by atoms with E-state index in [1.807, 2.05) is 62.4 Å². The SMILES string of the molecule is C=CCN(C(=O)C1N([C@@H](CO)Cc2ccccc2)C(=O)[C@@H]2[C@H](C(=O)O)[C@H]3OC12CC3Br)c1c(C)cccc1C. The summed E-state index contributed by atoms with van der Waals surface area (Å²) >= 11 is 3.59. The van der Waals surface area contributed by atoms with Gasteiger partial charge in [0.15, 0.2) is 0 Å². The summed E-state index contributed by atoms with van der Waals surface area (Å²) in [5.74, 6) is -4.09. The standard InChI is InChI=1S/C30H33BrN2O6/c1-4-13-32(24-17(2)9-8-10-18(24)3)28(36)26-30-15-21(31)25(39-30)22(29(37)38)23(30)27(35)33(26)20(16-34)14-19-11-6-5-7-12-19/h4-12,20-23,25-26,34H,1,13-16H2,2-3H3,(H,37,38)/t20-,21?,22+,23+,25+,26?,30?/m1/s1. The minimum absolute atomic E-state index is 0.190. The fourth-order valence-electron chi connectivity index (χ4n) is 6.96. The van der Waals surface area contributed by atoms with Gasteiger partial charge >= 0.3 is 5.97 Å². The number of carboxylic acid groups (broad SMARTS) is 1. The molecule has 3 aliphatic heterocycles. The molecule has 2 bridgehead atoms. The highest BCUT2D eigenvalue weighted by molar-refractivity contribution is 9.09. The fraction of sp³-hybridized carbons (Fsp3) is 0.433. The van der Waals surface area contributed by atoms with Crippen molar-refractivity contribution in [3.63, 3.8) is 0 Å². The van der Waals surface area contributed by atoms with E-state index in [2.05, 4.69) is 22.5 Å². The van der Waals surface area contributed by atoms with E-state index in [-0.39, 0.29) is 17.3 Å². The molecule has 0 saturated carbocycles. The summed E-state index contributed by atoms with van der Waals surface area (Å²) in [5, 5.41) is 20.7. The number of likely N-dealkylation sites (tertiary alicyclic amines) is 1. The molecule has 206 valence electrons. The van der Waals surface area contributed by atoms with Gasteiger partial charge in [0.25, 0.3) is 5.91 Å². The van der Waals surface area contributed by atoms with Crippen LogP contribution < -0.4 is 4.90 Å². The summed E-state index contributed by atoms with van der Waals surface area (Å²) < 4.78 is 6.43. The van der Waals surface area contributed by atoms with Crippen LogP contribution in [0.5, 0.6) is 0 Å². The number of ether oxygens (including phenoxy) is 1. The molecule has 3 saturated heterocycles. The summed E-state index contributed by atoms with van der Waals surface area (Å²) in [5.41, 5.74) is 2.04. The second kappa shape index (κ2) is 10.5. The van der Waals surface area contributed by atoms with Crippen molar-refractivity contribution >= 4 is 39.4 Å². The Morgan fingerprint density at radius 2 is 1.87 bits per heavy atom. The van der Waals surface area contributed by atoms with E-state index in [1.54, 1.807) is 11.0 Å². The molecule has 1 spiro atoms. The van der Waals surface area contributed by atoms with E-state index in [0.717, 1.165) is 22.4 Å². The maximum atomic E-state index is 14.7. The first kappa shape index (κ1) is 27.6. The Morgan fingerprint density at radius 3 is 2.46 bits per heavy atom. The number of carboxylic acids is 1. The maximum absolute atomic E-state index is 14.7. The monoisotopic (exact) mass is 596 g/mol. The third-order valence-corrected chi connectivity index (χ3v) is 9.30. The number of carbonyl (C=O) groups excluding carboxylic acids is 2. The number of aryl methyl sites for hydroxylation is 2. The molecule has 2 aromatic rings. The molecule has 9 heteroatoms. The number of rotatable bonds is 9. The van der Waals surface area contributed by atoms with Crippen molar-refractivity contribution < 1.29 is 29.3 Å². The Kier molecular flexibility index (Phi) is 7.43. The highest BCUT2D eigenvalue weighted by Gasteiger charge is 2.77. The molecular formula is C30H33BrN2O6. The molecule has 2 aromatic carbocycles. The van der Waals surface area contributed by atoms with Crippen molar-refractivity contribution in [2.24, 2.45) is 11.8 Å². The number of aliphatic hydroxyl groups excluding tert-OH is 1. The molecule has 0 aliphatic carbocycles. The van der Waals surface area contributed by atoms with Crippen molar-refractivity contribution in [2.75, 3.05) is 18.1 Å². The third kappa shape index (κ3) is 4.31. The molecule has 2 amide bonds. The number of hydrogen-bond donors (Lipinski definition) is 2. The quantitative estimate of drug-likeness (QED) is 0.340. The van der Waals surface area contributed by atoms with Crippen molar-refractivity contribution in [3.05, 3.63) is 77.9 Å². The lowest BCUT2D eigenvalue weighted by atomic mass is 9.70. The molecule has 5 rings (SSSR count). The van der Waals surface area contributed by atoms with Gasteiger partial charge in [0.2, 0.25) is 5.91 Å². The molecule has 7 atom stereocenters. The Balaban J connectivity index is 1.66. The molecule has 3 unspecified atom stereocenters. The zero-order valence-corrected chi connectivity index (χ0v) is 23.6. The predicted octanol–water partition coefficient (Wildman–Crippen LogP) is 3.26. The molecule has 3 fully saturated rings. The van der Waals surface area contributed by atoms with Gasteiger partial charge in [-0.25, -0.2) is 0 Å². The molecule has 0 aromatic heterocycles. The summed E-state index contributed by atoms with van der Waals surface area (Å²) in [4.78, 5) is 44.1. The average Bonchev–Trinajstić information content (AvgIpc) is 3.50. The van der Waals surface area contributed by atoms with Crippen molar-refractivity contribution in [3.8, 4) is 0 Å². The largest absolute Gasteiger partial charge is 0.481 e. The van der Waals surface area contributed by atoms with Gasteiger partial charge in [-0.2, -0.15) is 0 Å². The highest BCUT2D eigenvalue weighted by Crippen LogP contribution is 2.60. The Labute approximate surface area is 236 Å². The number of aliphatic hydroxyl groups is 1. The van der Waals surface area contributed by atoms with Crippen LogP contribution in [0.3, 0.4) is 0 Å². The van der Waals surface area contributed by atoms with Crippen LogP contribution >= 0.6 is 15.9 Å². The number of carbonyl (C=O) groups is 3. The van der Waals surface area contributed by atoms with E-state index in [0.29, 0.717) is 12.8 Å². The van der Waals surface area contributed by atoms with Crippen LogP contribution in [0.15, 0.2) is 61.2 Å². The lowest BCUT2D eigenvalue weighted by Crippen LogP contribution is -2.59. The van der Waals surface area contributed by atoms with Crippen LogP contribution in [-0.2, 0) is 25.5 Å². The van der Waals surface area contributed by atoms with Gasteiger partial charge in [-0.3, -0.25) is 14.4 Å². The topological polar surface area (TPSA) is 107 Å². The molecule has 3 heterocycles. The first-order chi connectivity index (χ1) is 18.7. The van der Waals surface area contributed by atoms with Crippen LogP contribution in [-0.4, -0.2) is 74.7 Å². The van der Waals surface area contributed by atoms with Gasteiger partial charge < -0.3 is 24.7 Å². The fourth-order valence-corrected chi connectivity index (χ4v) is 7.90. The highest BCUT2D eigenvalue weighted by atomic mass is 79.9. The summed E-state index contributed by atoms with van der Waals surface area (Å²) in [7, 11) is 0. The number of benzene rings is 2. The van der Waals surface area contributed by atoms with Gasteiger partial charge in [-0.15, -0.1) is 6.58 Å². The van der Waals surface area contributed by atoms with E-state index in [1.165, 1.54) is 4.90 Å². The Hall–Kier alpha value is -3.01. The second-order valence-electron chi connectivity index (χ2n) is 10.8. The van der Waals surface area contributed by atoms with Crippen LogP contribution in [0, 0.1) is 25.7 Å². The zero-order valence-electron chi connectivity index (χ0n) is 22.0. The first-order valence-corrected chi connectivity index (χ1v) is 14.1. The number of halogens is 1. The van der Waals surface area contributed by atoms with Gasteiger partial charge in [0.1, 0.15) is 11.6 Å². The zero-order chi connectivity index (χ0) is 28.1. The van der Waals surface area contributed by atoms with Crippen LogP contribution in [0.25, 0.3) is 0 Å². The minimum atomic E-state index is -1.34. The van der Waals surface area contributed by atoms with Crippen LogP contribution in [0.2, 0.25) is 0 Å². The number of nitrogens with zero attached hydrogens (tertiary/aromatic N) is 2. The van der Waals surface area contributed by atoms with Crippen molar-refractivity contribution in [1.82, 2.24) is 4.90 Å². The summed E-state index contributed by atoms with van der Waals surface area (Å²) in [6.07, 6.45) is 1.51. The minimum Gasteiger partial charge on any atom is -0.481 e. The average molecular weight is 598 g/mol. The number of anilines is 1. The van der Waals surface area contributed by atoms with E-state index >= 15 is 0 Å². The van der Waals surface area contributed by atoms with E-state index < -0.39 is 54.1 Å². The molecule has 3 aliphatic rings. The van der Waals surface area contributed by atoms with Gasteiger partial charge in [-0.05, 0) is 43.4 Å². The maximum Gasteiger partial charge on any atom is 0.310 e. The van der Waals surface area contributed by atoms with Crippen LogP contribution in [0.1, 0.15) is 23.1 Å². The van der Waals surface area contributed by atoms with Gasteiger partial charge in [-0.1, -0.05) is 70.5 Å². The lowest BCUT2D eigenvalue weighted by molar-refractivity contribution is -0.150. The number of fused-ring (bicyclic) bond motifs is 1. The smallest absolute Gasteiger partial charge is 0.310 e. The molecular weight excluding hydrogens is 564 g/mol. The number of hydrogen-bond acceptors (Lipinski definition) is 5. The summed E-state index contributed by atoms with van der Waals surface area (Å²) in [6, 6.07) is 13.3. The van der Waals surface area contributed by atoms with Gasteiger partial charge in [0, 0.05) is 17.1 Å². The number of alkyl halides is 1. The lowest BCUT2D eigenvalue weighted by Gasteiger charge is -2.40. The Bertz CT molecular complexity index is 1280. The summed E-state index contributed by atoms with van der Waals surface area (Å²) in [6.45, 7) is 7.50. The van der Waals surface area contributed by atoms with Crippen LogP contribution in [0.4, 0.5) is 5.69 Å². The number of aliphatic carboxylic acids is 1. The van der Waals surface area contributed by atoms with Crippen molar-refractivity contribution in [2.45, 2.75) is 55.3 Å². The number of amides is 2. The first-order valence-electron chi connectivity index (χ1n) is 13.2. The molecule has 0 radical (unpaired) electrons. The second-order valence-corrected chi connectivity index (χ2v) is 11.9. The third-order valence-electron chi connectivity index (χ3n) is 8.45. The number of para-hydroxylation sites is 1. The predicted molar refractivity (Wildman–Crippen MR) is 150 cm³/mol. The molecule has 39 heavy (non-hydrogen) atoms. The molecule has 8 nitrogen and oxygen atoms in total. The van der Waals surface area contributed by atoms with E-state index in [4.69, 9.17) is 4.74 Å². The molecule has 2 N–H and O–H groups in total. The van der Waals surface area contributed by atoms with Gasteiger partial charge in [0.05, 0.1) is 30.6 Å². The Morgan fingerprint density at radius 1 is 1.21 bits per heavy atom. The van der Waals surface area contributed by atoms with Crippen molar-refractivity contribution in [1.29, 1.82) is 0 Å².